The molecule has 1 fully saturated rings. The zero-order valence-corrected chi connectivity index (χ0v) is 14.6. The molecule has 22 heavy (non-hydrogen) atoms. The first kappa shape index (κ1) is 15.6. The summed E-state index contributed by atoms with van der Waals surface area (Å²) in [5, 5.41) is 0. The topological polar surface area (TPSA) is 9.23 Å². The van der Waals surface area contributed by atoms with Crippen LogP contribution in [0.15, 0.2) is 46.9 Å². The largest absolute Gasteiger partial charge is 0.493 e. The molecule has 1 radical (unpaired) electrons. The third kappa shape index (κ3) is 3.55. The maximum Gasteiger partial charge on any atom is 0.133 e. The maximum absolute atomic E-state index is 5.58. The summed E-state index contributed by atoms with van der Waals surface area (Å²) in [7, 11) is 0. The van der Waals surface area contributed by atoms with E-state index in [0.29, 0.717) is 6.61 Å². The molecule has 0 spiro atoms. The molecule has 0 aliphatic heterocycles. The Morgan fingerprint density at radius 1 is 1.00 bits per heavy atom. The first-order valence-electron chi connectivity index (χ1n) is 8.12. The average molecular weight is 358 g/mol. The second kappa shape index (κ2) is 7.32. The Morgan fingerprint density at radius 3 is 2.32 bits per heavy atom. The Balaban J connectivity index is 1.78. The van der Waals surface area contributed by atoms with Crippen molar-refractivity contribution >= 4 is 15.9 Å². The second-order valence-corrected chi connectivity index (χ2v) is 6.69. The average Bonchev–Trinajstić information content (AvgIpc) is 2.58. The number of halogens is 1. The van der Waals surface area contributed by atoms with Crippen molar-refractivity contribution in [1.82, 2.24) is 0 Å². The summed E-state index contributed by atoms with van der Waals surface area (Å²) in [5.74, 6) is 1.65. The predicted molar refractivity (Wildman–Crippen MR) is 96.3 cm³/mol. The van der Waals surface area contributed by atoms with Crippen LogP contribution < -0.4 is 4.74 Å². The van der Waals surface area contributed by atoms with Crippen molar-refractivity contribution < 1.29 is 4.74 Å². The Hall–Kier alpha value is -1.28. The van der Waals surface area contributed by atoms with E-state index in [9.17, 15) is 0 Å². The quantitative estimate of drug-likeness (QED) is 0.616. The van der Waals surface area contributed by atoms with E-state index in [0.717, 1.165) is 16.1 Å². The molecule has 0 saturated heterocycles. The van der Waals surface area contributed by atoms with Crippen LogP contribution >= 0.6 is 15.9 Å². The van der Waals surface area contributed by atoms with Crippen molar-refractivity contribution in [3.05, 3.63) is 58.9 Å². The van der Waals surface area contributed by atoms with Gasteiger partial charge in [0.05, 0.1) is 11.1 Å². The second-order valence-electron chi connectivity index (χ2n) is 5.84. The van der Waals surface area contributed by atoms with Crippen LogP contribution in [-0.2, 0) is 0 Å². The molecule has 0 N–H and O–H groups in total. The lowest BCUT2D eigenvalue weighted by Gasteiger charge is -2.22. The van der Waals surface area contributed by atoms with Crippen molar-refractivity contribution in [3.63, 3.8) is 0 Å². The van der Waals surface area contributed by atoms with Gasteiger partial charge in [-0.15, -0.1) is 0 Å². The van der Waals surface area contributed by atoms with E-state index < -0.39 is 0 Å². The minimum absolute atomic E-state index is 0.686. The molecule has 1 saturated carbocycles. The highest BCUT2D eigenvalue weighted by molar-refractivity contribution is 9.10. The molecule has 115 valence electrons. The minimum Gasteiger partial charge on any atom is -0.493 e. The van der Waals surface area contributed by atoms with Gasteiger partial charge in [0.2, 0.25) is 0 Å². The molecular formula is C20H22BrO. The Labute approximate surface area is 141 Å². The molecule has 0 atom stereocenters. The first-order chi connectivity index (χ1) is 10.8. The highest BCUT2D eigenvalue weighted by Gasteiger charge is 2.15. The molecule has 0 unspecified atom stereocenters. The summed E-state index contributed by atoms with van der Waals surface area (Å²) >= 11 is 3.59. The fourth-order valence-corrected chi connectivity index (χ4v) is 3.65. The van der Waals surface area contributed by atoms with Crippen LogP contribution in [0, 0.1) is 6.42 Å². The van der Waals surface area contributed by atoms with Crippen LogP contribution in [0.3, 0.4) is 0 Å². The number of ether oxygens (including phenoxy) is 1. The summed E-state index contributed by atoms with van der Waals surface area (Å²) in [6, 6.07) is 15.4. The van der Waals surface area contributed by atoms with Gasteiger partial charge in [-0.25, -0.2) is 0 Å². The third-order valence-corrected chi connectivity index (χ3v) is 5.01. The van der Waals surface area contributed by atoms with Gasteiger partial charge in [0.1, 0.15) is 5.75 Å². The molecule has 1 aliphatic rings. The summed E-state index contributed by atoms with van der Waals surface area (Å²) in [5.41, 5.74) is 3.97. The Morgan fingerprint density at radius 2 is 1.68 bits per heavy atom. The van der Waals surface area contributed by atoms with Gasteiger partial charge < -0.3 is 4.74 Å². The van der Waals surface area contributed by atoms with Gasteiger partial charge in [-0.05, 0) is 89.7 Å². The standard InChI is InChI=1S/C20H22BrO/c1-2-22-20-13-12-18(14-19(20)21)17-10-8-16(9-11-17)15-6-4-3-5-7-15/h3,8-15H,2,4-7H2,1H3. The summed E-state index contributed by atoms with van der Waals surface area (Å²) in [6.45, 7) is 2.69. The van der Waals surface area contributed by atoms with Crippen molar-refractivity contribution in [2.45, 2.75) is 38.5 Å². The van der Waals surface area contributed by atoms with E-state index >= 15 is 0 Å². The number of benzene rings is 2. The summed E-state index contributed by atoms with van der Waals surface area (Å²) in [4.78, 5) is 0. The van der Waals surface area contributed by atoms with E-state index in [4.69, 9.17) is 4.74 Å². The smallest absolute Gasteiger partial charge is 0.133 e. The number of hydrogen-bond acceptors (Lipinski definition) is 1. The monoisotopic (exact) mass is 357 g/mol. The van der Waals surface area contributed by atoms with Gasteiger partial charge in [-0.2, -0.15) is 0 Å². The molecular weight excluding hydrogens is 336 g/mol. The molecule has 1 nitrogen and oxygen atoms in total. The zero-order chi connectivity index (χ0) is 15.4. The van der Waals surface area contributed by atoms with Crippen molar-refractivity contribution in [2.75, 3.05) is 6.61 Å². The number of hydrogen-bond donors (Lipinski definition) is 0. The van der Waals surface area contributed by atoms with Gasteiger partial charge in [-0.1, -0.05) is 30.3 Å². The summed E-state index contributed by atoms with van der Waals surface area (Å²) in [6.07, 6.45) is 7.54. The lowest BCUT2D eigenvalue weighted by Crippen LogP contribution is -2.04. The zero-order valence-electron chi connectivity index (χ0n) is 13.0. The normalized spacial score (nSPS) is 15.7. The van der Waals surface area contributed by atoms with Gasteiger partial charge in [0, 0.05) is 0 Å². The fraction of sp³-hybridized carbons (Fsp3) is 0.350. The maximum atomic E-state index is 5.58. The molecule has 2 aromatic rings. The van der Waals surface area contributed by atoms with Gasteiger partial charge in [0.15, 0.2) is 0 Å². The molecule has 0 aromatic heterocycles. The highest BCUT2D eigenvalue weighted by atomic mass is 79.9. The van der Waals surface area contributed by atoms with Crippen LogP contribution in [0.4, 0.5) is 0 Å². The fourth-order valence-electron chi connectivity index (χ4n) is 3.16. The molecule has 2 aromatic carbocycles. The molecule has 0 bridgehead atoms. The van der Waals surface area contributed by atoms with Crippen LogP contribution in [0.2, 0.25) is 0 Å². The molecule has 0 amide bonds. The van der Waals surface area contributed by atoms with Crippen LogP contribution in [-0.4, -0.2) is 6.61 Å². The van der Waals surface area contributed by atoms with E-state index in [1.54, 1.807) is 0 Å². The molecule has 0 heterocycles. The van der Waals surface area contributed by atoms with Crippen molar-refractivity contribution in [2.24, 2.45) is 0 Å². The molecule has 1 aliphatic carbocycles. The van der Waals surface area contributed by atoms with Crippen LogP contribution in [0.5, 0.6) is 5.75 Å². The lowest BCUT2D eigenvalue weighted by molar-refractivity contribution is 0.338. The van der Waals surface area contributed by atoms with E-state index in [1.165, 1.54) is 42.4 Å². The first-order valence-corrected chi connectivity index (χ1v) is 8.91. The highest BCUT2D eigenvalue weighted by Crippen LogP contribution is 2.34. The third-order valence-electron chi connectivity index (χ3n) is 4.39. The predicted octanol–water partition coefficient (Wildman–Crippen LogP) is 6.38. The van der Waals surface area contributed by atoms with E-state index in [-0.39, 0.29) is 0 Å². The van der Waals surface area contributed by atoms with Crippen LogP contribution in [0.25, 0.3) is 11.1 Å². The minimum atomic E-state index is 0.686. The Bertz CT molecular complexity index is 612. The van der Waals surface area contributed by atoms with E-state index in [1.807, 2.05) is 13.0 Å². The van der Waals surface area contributed by atoms with E-state index in [2.05, 4.69) is 58.7 Å². The summed E-state index contributed by atoms with van der Waals surface area (Å²) < 4.78 is 6.59. The van der Waals surface area contributed by atoms with Crippen molar-refractivity contribution in [3.8, 4) is 16.9 Å². The molecule has 3 rings (SSSR count). The number of rotatable bonds is 4. The molecule has 2 heteroatoms. The Kier molecular flexibility index (Phi) is 5.20. The van der Waals surface area contributed by atoms with Gasteiger partial charge in [0.25, 0.3) is 0 Å². The van der Waals surface area contributed by atoms with Gasteiger partial charge in [-0.3, -0.25) is 0 Å². The van der Waals surface area contributed by atoms with Gasteiger partial charge >= 0.3 is 0 Å². The van der Waals surface area contributed by atoms with Crippen molar-refractivity contribution in [1.29, 1.82) is 0 Å². The lowest BCUT2D eigenvalue weighted by atomic mass is 9.84. The SMILES string of the molecule is CCOc1ccc(-c2ccc(C3CC[CH]CC3)cc2)cc1Br. The van der Waals surface area contributed by atoms with Crippen LogP contribution in [0.1, 0.15) is 44.1 Å².